The Kier molecular flexibility index (Phi) is 6.77. The van der Waals surface area contributed by atoms with Crippen LogP contribution in [0.3, 0.4) is 0 Å². The second-order valence-corrected chi connectivity index (χ2v) is 8.39. The first kappa shape index (κ1) is 23.9. The summed E-state index contributed by atoms with van der Waals surface area (Å²) in [4.78, 5) is 29.6. The molecule has 0 aliphatic rings. The normalized spacial score (nSPS) is 11.0. The van der Waals surface area contributed by atoms with Gasteiger partial charge in [-0.2, -0.15) is 10.1 Å². The Bertz CT molecular complexity index is 1370. The van der Waals surface area contributed by atoms with Gasteiger partial charge in [-0.1, -0.05) is 31.1 Å². The summed E-state index contributed by atoms with van der Waals surface area (Å²) in [6.07, 6.45) is 1.48. The summed E-state index contributed by atoms with van der Waals surface area (Å²) in [5.41, 5.74) is 4.39. The molecular formula is C26H27N5O4. The van der Waals surface area contributed by atoms with Gasteiger partial charge in [0.2, 0.25) is 0 Å². The van der Waals surface area contributed by atoms with Gasteiger partial charge in [0, 0.05) is 11.5 Å². The number of anilines is 1. The highest BCUT2D eigenvalue weighted by molar-refractivity contribution is 6.06. The fourth-order valence-corrected chi connectivity index (χ4v) is 3.61. The highest BCUT2D eigenvalue weighted by atomic mass is 16.5. The molecule has 0 aliphatic heterocycles. The van der Waals surface area contributed by atoms with E-state index in [0.717, 1.165) is 11.3 Å². The van der Waals surface area contributed by atoms with Gasteiger partial charge in [-0.15, -0.1) is 0 Å². The van der Waals surface area contributed by atoms with Gasteiger partial charge in [-0.05, 0) is 56.7 Å². The van der Waals surface area contributed by atoms with Crippen molar-refractivity contribution in [2.24, 2.45) is 0 Å². The molecule has 9 heteroatoms. The standard InChI is InChI=1S/C26H27N5O4/c1-6-34-26(33)21-14-27-31(17(21)5)19-12-10-18(11-13-19)24(32)28-22-16(4)8-7-9-20(22)25-29-23(15(2)3)30-35-25/h7-15H,6H2,1-5H3,(H,28,32). The molecule has 0 spiro atoms. The number of aromatic nitrogens is 4. The highest BCUT2D eigenvalue weighted by Crippen LogP contribution is 2.31. The molecule has 0 saturated heterocycles. The lowest BCUT2D eigenvalue weighted by atomic mass is 10.1. The summed E-state index contributed by atoms with van der Waals surface area (Å²) in [5.74, 6) is 0.396. The van der Waals surface area contributed by atoms with Crippen molar-refractivity contribution < 1.29 is 18.8 Å². The summed E-state index contributed by atoms with van der Waals surface area (Å²) in [6.45, 7) is 9.72. The lowest BCUT2D eigenvalue weighted by Gasteiger charge is -2.12. The zero-order chi connectivity index (χ0) is 25.1. The molecule has 9 nitrogen and oxygen atoms in total. The molecular weight excluding hydrogens is 446 g/mol. The molecule has 1 N–H and O–H groups in total. The van der Waals surface area contributed by atoms with E-state index in [1.807, 2.05) is 39.0 Å². The van der Waals surface area contributed by atoms with Gasteiger partial charge in [0.1, 0.15) is 5.56 Å². The van der Waals surface area contributed by atoms with E-state index >= 15 is 0 Å². The smallest absolute Gasteiger partial charge is 0.341 e. The van der Waals surface area contributed by atoms with Crippen LogP contribution in [0.1, 0.15) is 64.5 Å². The van der Waals surface area contributed by atoms with Crippen LogP contribution >= 0.6 is 0 Å². The van der Waals surface area contributed by atoms with Gasteiger partial charge >= 0.3 is 5.97 Å². The Labute approximate surface area is 203 Å². The summed E-state index contributed by atoms with van der Waals surface area (Å²) < 4.78 is 12.2. The number of rotatable bonds is 7. The molecule has 0 aliphatic carbocycles. The molecule has 4 aromatic rings. The van der Waals surface area contributed by atoms with Crippen LogP contribution in [0.25, 0.3) is 17.1 Å². The van der Waals surface area contributed by atoms with Gasteiger partial charge in [-0.25, -0.2) is 9.48 Å². The Morgan fingerprint density at radius 2 is 1.86 bits per heavy atom. The van der Waals surface area contributed by atoms with Crippen LogP contribution in [-0.4, -0.2) is 38.4 Å². The van der Waals surface area contributed by atoms with Crippen LogP contribution in [0.2, 0.25) is 0 Å². The zero-order valence-electron chi connectivity index (χ0n) is 20.3. The first-order valence-corrected chi connectivity index (χ1v) is 11.4. The van der Waals surface area contributed by atoms with Crippen molar-refractivity contribution in [2.45, 2.75) is 40.5 Å². The fraction of sp³-hybridized carbons (Fsp3) is 0.269. The number of aryl methyl sites for hydroxylation is 1. The highest BCUT2D eigenvalue weighted by Gasteiger charge is 2.19. The van der Waals surface area contributed by atoms with Gasteiger partial charge < -0.3 is 14.6 Å². The third-order valence-electron chi connectivity index (χ3n) is 5.58. The number of carbonyl (C=O) groups is 2. The molecule has 0 radical (unpaired) electrons. The minimum Gasteiger partial charge on any atom is -0.462 e. The maximum atomic E-state index is 13.1. The van der Waals surface area contributed by atoms with Crippen LogP contribution in [0.5, 0.6) is 0 Å². The van der Waals surface area contributed by atoms with Crippen LogP contribution in [0, 0.1) is 13.8 Å². The van der Waals surface area contributed by atoms with Crippen LogP contribution in [-0.2, 0) is 4.74 Å². The van der Waals surface area contributed by atoms with Crippen molar-refractivity contribution in [1.82, 2.24) is 19.9 Å². The number of esters is 1. The Hall–Kier alpha value is -4.27. The molecule has 1 amide bonds. The number of hydrogen-bond donors (Lipinski definition) is 1. The maximum Gasteiger partial charge on any atom is 0.341 e. The van der Waals surface area contributed by atoms with E-state index in [0.29, 0.717) is 46.4 Å². The Balaban J connectivity index is 1.57. The first-order valence-electron chi connectivity index (χ1n) is 11.4. The van der Waals surface area contributed by atoms with Crippen LogP contribution in [0.15, 0.2) is 53.2 Å². The molecule has 0 saturated carbocycles. The third kappa shape index (κ3) is 4.84. The van der Waals surface area contributed by atoms with Gasteiger partial charge in [-0.3, -0.25) is 4.79 Å². The second-order valence-electron chi connectivity index (χ2n) is 8.39. The molecule has 0 atom stereocenters. The van der Waals surface area contributed by atoms with Gasteiger partial charge in [0.15, 0.2) is 5.82 Å². The number of nitrogens with one attached hydrogen (secondary N) is 1. The number of para-hydroxylation sites is 1. The van der Waals surface area contributed by atoms with Crippen LogP contribution in [0.4, 0.5) is 5.69 Å². The SMILES string of the molecule is CCOC(=O)c1cnn(-c2ccc(C(=O)Nc3c(C)cccc3-c3nc(C(C)C)no3)cc2)c1C. The number of ether oxygens (including phenoxy) is 1. The van der Waals surface area contributed by atoms with Crippen molar-refractivity contribution in [2.75, 3.05) is 11.9 Å². The fourth-order valence-electron chi connectivity index (χ4n) is 3.61. The lowest BCUT2D eigenvalue weighted by molar-refractivity contribution is 0.0525. The Morgan fingerprint density at radius 3 is 2.51 bits per heavy atom. The third-order valence-corrected chi connectivity index (χ3v) is 5.58. The topological polar surface area (TPSA) is 112 Å². The number of nitrogens with zero attached hydrogens (tertiary/aromatic N) is 4. The average molecular weight is 474 g/mol. The molecule has 2 aromatic carbocycles. The van der Waals surface area contributed by atoms with Crippen molar-refractivity contribution in [1.29, 1.82) is 0 Å². The van der Waals surface area contributed by atoms with E-state index in [1.165, 1.54) is 6.20 Å². The summed E-state index contributed by atoms with van der Waals surface area (Å²) in [7, 11) is 0. The van der Waals surface area contributed by atoms with Crippen molar-refractivity contribution in [3.63, 3.8) is 0 Å². The second kappa shape index (κ2) is 9.92. The quantitative estimate of drug-likeness (QED) is 0.372. The molecule has 35 heavy (non-hydrogen) atoms. The summed E-state index contributed by atoms with van der Waals surface area (Å²) in [5, 5.41) is 11.3. The van der Waals surface area contributed by atoms with E-state index in [9.17, 15) is 9.59 Å². The summed E-state index contributed by atoms with van der Waals surface area (Å²) >= 11 is 0. The Morgan fingerprint density at radius 1 is 1.11 bits per heavy atom. The molecule has 4 rings (SSSR count). The summed E-state index contributed by atoms with van der Waals surface area (Å²) in [6, 6.07) is 12.6. The zero-order valence-corrected chi connectivity index (χ0v) is 20.3. The largest absolute Gasteiger partial charge is 0.462 e. The average Bonchev–Trinajstić information content (AvgIpc) is 3.48. The number of amides is 1. The number of carbonyl (C=O) groups excluding carboxylic acids is 2. The predicted octanol–water partition coefficient (Wildman–Crippen LogP) is 5.09. The number of hydrogen-bond acceptors (Lipinski definition) is 7. The number of benzene rings is 2. The minimum absolute atomic E-state index is 0.126. The molecule has 0 unspecified atom stereocenters. The molecule has 180 valence electrons. The lowest BCUT2D eigenvalue weighted by Crippen LogP contribution is -2.14. The van der Waals surface area contributed by atoms with E-state index in [1.54, 1.807) is 42.8 Å². The monoisotopic (exact) mass is 473 g/mol. The van der Waals surface area contributed by atoms with Crippen LogP contribution < -0.4 is 5.32 Å². The van der Waals surface area contributed by atoms with Crippen molar-refractivity contribution in [3.05, 3.63) is 76.9 Å². The molecule has 0 bridgehead atoms. The van der Waals surface area contributed by atoms with Crippen molar-refractivity contribution >= 4 is 17.6 Å². The van der Waals surface area contributed by atoms with Gasteiger partial charge in [0.25, 0.3) is 11.8 Å². The maximum absolute atomic E-state index is 13.1. The minimum atomic E-state index is -0.414. The van der Waals surface area contributed by atoms with E-state index in [4.69, 9.17) is 9.26 Å². The predicted molar refractivity (Wildman–Crippen MR) is 131 cm³/mol. The first-order chi connectivity index (χ1) is 16.8. The molecule has 2 aromatic heterocycles. The van der Waals surface area contributed by atoms with Gasteiger partial charge in [0.05, 0.1) is 35.4 Å². The van der Waals surface area contributed by atoms with E-state index in [2.05, 4.69) is 20.6 Å². The molecule has 0 fully saturated rings. The van der Waals surface area contributed by atoms with Crippen molar-refractivity contribution in [3.8, 4) is 17.1 Å². The van der Waals surface area contributed by atoms with E-state index < -0.39 is 5.97 Å². The van der Waals surface area contributed by atoms with E-state index in [-0.39, 0.29) is 11.8 Å². The molecule has 2 heterocycles.